The minimum absolute atomic E-state index is 0.0361. The first-order valence-corrected chi connectivity index (χ1v) is 13.4. The summed E-state index contributed by atoms with van der Waals surface area (Å²) in [4.78, 5) is 14.4. The van der Waals surface area contributed by atoms with Crippen molar-refractivity contribution in [3.63, 3.8) is 0 Å². The van der Waals surface area contributed by atoms with Gasteiger partial charge < -0.3 is 5.32 Å². The quantitative estimate of drug-likeness (QED) is 0.472. The number of carbonyl (C=O) groups is 1. The maximum Gasteiger partial charge on any atom is 0.252 e. The third-order valence-corrected chi connectivity index (χ3v) is 9.44. The Labute approximate surface area is 204 Å². The van der Waals surface area contributed by atoms with Gasteiger partial charge in [0.1, 0.15) is 0 Å². The van der Waals surface area contributed by atoms with E-state index in [1.807, 2.05) is 54.6 Å². The molecule has 2 aromatic carbocycles. The molecule has 7 heteroatoms. The highest BCUT2D eigenvalue weighted by Crippen LogP contribution is 2.61. The van der Waals surface area contributed by atoms with Gasteiger partial charge in [0.25, 0.3) is 5.91 Å². The Morgan fingerprint density at radius 1 is 1.03 bits per heavy atom. The van der Waals surface area contributed by atoms with Crippen molar-refractivity contribution in [1.82, 2.24) is 25.5 Å². The molecule has 0 spiro atoms. The molecule has 0 aliphatic heterocycles. The second-order valence-electron chi connectivity index (χ2n) is 10.6. The Morgan fingerprint density at radius 2 is 1.68 bits per heavy atom. The van der Waals surface area contributed by atoms with Crippen LogP contribution in [-0.2, 0) is 5.75 Å². The molecular weight excluding hydrogens is 442 g/mol. The first kappa shape index (κ1) is 21.8. The molecular formula is C27H31N5OS. The van der Waals surface area contributed by atoms with Crippen LogP contribution in [0, 0.1) is 23.2 Å². The van der Waals surface area contributed by atoms with Crippen LogP contribution < -0.4 is 5.32 Å². The molecule has 1 unspecified atom stereocenters. The van der Waals surface area contributed by atoms with E-state index in [1.54, 1.807) is 16.4 Å². The fraction of sp³-hybridized carbons (Fsp3) is 0.481. The Kier molecular flexibility index (Phi) is 5.68. The van der Waals surface area contributed by atoms with E-state index in [2.05, 4.69) is 27.8 Å². The zero-order chi connectivity index (χ0) is 23.1. The van der Waals surface area contributed by atoms with Gasteiger partial charge in [0, 0.05) is 10.9 Å². The van der Waals surface area contributed by atoms with Crippen LogP contribution in [0.5, 0.6) is 0 Å². The predicted molar refractivity (Wildman–Crippen MR) is 133 cm³/mol. The normalized spacial score (nSPS) is 28.1. The fourth-order valence-electron chi connectivity index (χ4n) is 7.12. The topological polar surface area (TPSA) is 72.7 Å². The second-order valence-corrected chi connectivity index (χ2v) is 11.6. The third-order valence-electron chi connectivity index (χ3n) is 8.38. The predicted octanol–water partition coefficient (Wildman–Crippen LogP) is 5.29. The number of hydrogen-bond donors (Lipinski definition) is 1. The number of tetrazole rings is 1. The highest BCUT2D eigenvalue weighted by Gasteiger charge is 2.53. The lowest BCUT2D eigenvalue weighted by atomic mass is 9.48. The summed E-state index contributed by atoms with van der Waals surface area (Å²) in [5.41, 5.74) is 1.96. The number of carbonyl (C=O) groups excluding carboxylic acids is 1. The van der Waals surface area contributed by atoms with Crippen LogP contribution in [0.4, 0.5) is 0 Å². The van der Waals surface area contributed by atoms with E-state index in [0.717, 1.165) is 39.7 Å². The third kappa shape index (κ3) is 4.04. The molecule has 7 rings (SSSR count). The molecule has 4 aliphatic carbocycles. The summed E-state index contributed by atoms with van der Waals surface area (Å²) in [5, 5.41) is 15.7. The van der Waals surface area contributed by atoms with Gasteiger partial charge in [0.05, 0.1) is 17.0 Å². The van der Waals surface area contributed by atoms with Gasteiger partial charge in [-0.2, -0.15) is 4.68 Å². The summed E-state index contributed by atoms with van der Waals surface area (Å²) >= 11 is 1.60. The van der Waals surface area contributed by atoms with Crippen molar-refractivity contribution in [1.29, 1.82) is 0 Å². The Morgan fingerprint density at radius 3 is 2.38 bits per heavy atom. The van der Waals surface area contributed by atoms with Gasteiger partial charge in [-0.15, -0.1) is 16.9 Å². The summed E-state index contributed by atoms with van der Waals surface area (Å²) in [6.45, 7) is 2.24. The molecule has 0 radical (unpaired) electrons. The number of aromatic nitrogens is 4. The maximum absolute atomic E-state index is 13.4. The van der Waals surface area contributed by atoms with Gasteiger partial charge >= 0.3 is 0 Å². The second kappa shape index (κ2) is 8.84. The molecule has 1 heterocycles. The van der Waals surface area contributed by atoms with Crippen molar-refractivity contribution in [2.24, 2.45) is 23.2 Å². The molecule has 1 amide bonds. The van der Waals surface area contributed by atoms with E-state index in [4.69, 9.17) is 0 Å². The molecule has 4 aliphatic rings. The summed E-state index contributed by atoms with van der Waals surface area (Å²) in [5.74, 6) is 4.01. The van der Waals surface area contributed by atoms with Crippen LogP contribution in [0.3, 0.4) is 0 Å². The molecule has 4 saturated carbocycles. The van der Waals surface area contributed by atoms with Gasteiger partial charge in [0.15, 0.2) is 5.82 Å². The number of nitrogens with zero attached hydrogens (tertiary/aromatic N) is 4. The first-order valence-electron chi connectivity index (χ1n) is 12.4. The fourth-order valence-corrected chi connectivity index (χ4v) is 8.08. The average Bonchev–Trinajstić information content (AvgIpc) is 3.31. The SMILES string of the molecule is CC(NC(=O)c1ccccc1SCc1nnnn1-c1ccccc1)C12CC3CC(CC(C3)C1)C2. The van der Waals surface area contributed by atoms with E-state index >= 15 is 0 Å². The number of benzene rings is 2. The van der Waals surface area contributed by atoms with Crippen molar-refractivity contribution in [2.45, 2.75) is 62.1 Å². The smallest absolute Gasteiger partial charge is 0.252 e. The molecule has 1 atom stereocenters. The van der Waals surface area contributed by atoms with Crippen molar-refractivity contribution in [2.75, 3.05) is 0 Å². The van der Waals surface area contributed by atoms with Gasteiger partial charge in [-0.1, -0.05) is 30.3 Å². The highest BCUT2D eigenvalue weighted by molar-refractivity contribution is 7.98. The van der Waals surface area contributed by atoms with Crippen LogP contribution in [0.15, 0.2) is 59.5 Å². The number of nitrogens with one attached hydrogen (secondary N) is 1. The molecule has 4 bridgehead atoms. The molecule has 3 aromatic rings. The average molecular weight is 474 g/mol. The van der Waals surface area contributed by atoms with Gasteiger partial charge in [-0.25, -0.2) is 0 Å². The van der Waals surface area contributed by atoms with Crippen molar-refractivity contribution >= 4 is 17.7 Å². The molecule has 176 valence electrons. The van der Waals surface area contributed by atoms with E-state index in [9.17, 15) is 4.79 Å². The van der Waals surface area contributed by atoms with Gasteiger partial charge in [-0.3, -0.25) is 4.79 Å². The lowest BCUT2D eigenvalue weighted by molar-refractivity contribution is -0.0688. The van der Waals surface area contributed by atoms with Crippen LogP contribution in [0.25, 0.3) is 5.69 Å². The van der Waals surface area contributed by atoms with Crippen molar-refractivity contribution in [3.05, 3.63) is 66.0 Å². The number of hydrogen-bond acceptors (Lipinski definition) is 5. The molecule has 0 saturated heterocycles. The highest BCUT2D eigenvalue weighted by atomic mass is 32.2. The zero-order valence-corrected chi connectivity index (χ0v) is 20.4. The monoisotopic (exact) mass is 473 g/mol. The number of thioether (sulfide) groups is 1. The number of amides is 1. The first-order chi connectivity index (χ1) is 16.6. The Hall–Kier alpha value is -2.67. The van der Waals surface area contributed by atoms with Crippen LogP contribution in [0.1, 0.15) is 61.6 Å². The zero-order valence-electron chi connectivity index (χ0n) is 19.6. The summed E-state index contributed by atoms with van der Waals surface area (Å²) in [6.07, 6.45) is 8.13. The van der Waals surface area contributed by atoms with Crippen molar-refractivity contribution in [3.8, 4) is 5.69 Å². The molecule has 34 heavy (non-hydrogen) atoms. The van der Waals surface area contributed by atoms with Gasteiger partial charge in [0.2, 0.25) is 0 Å². The van der Waals surface area contributed by atoms with E-state index in [-0.39, 0.29) is 11.9 Å². The standard InChI is InChI=1S/C27H31N5OS/c1-18(27-14-19-11-20(15-27)13-21(12-19)16-27)28-26(33)23-9-5-6-10-24(23)34-17-25-29-30-31-32(25)22-7-3-2-4-8-22/h2-10,18-21H,11-17H2,1H3,(H,28,33). The molecule has 4 fully saturated rings. The largest absolute Gasteiger partial charge is 0.349 e. The van der Waals surface area contributed by atoms with E-state index in [0.29, 0.717) is 11.2 Å². The lowest BCUT2D eigenvalue weighted by Gasteiger charge is -2.59. The summed E-state index contributed by atoms with van der Waals surface area (Å²) in [7, 11) is 0. The minimum Gasteiger partial charge on any atom is -0.349 e. The van der Waals surface area contributed by atoms with E-state index < -0.39 is 0 Å². The van der Waals surface area contributed by atoms with Gasteiger partial charge in [-0.05, 0) is 103 Å². The van der Waals surface area contributed by atoms with E-state index in [1.165, 1.54) is 38.5 Å². The number of rotatable bonds is 7. The van der Waals surface area contributed by atoms with Crippen molar-refractivity contribution < 1.29 is 4.79 Å². The molecule has 1 N–H and O–H groups in total. The summed E-state index contributed by atoms with van der Waals surface area (Å²) in [6, 6.07) is 18.0. The Balaban J connectivity index is 1.16. The van der Waals surface area contributed by atoms with Crippen LogP contribution in [0.2, 0.25) is 0 Å². The maximum atomic E-state index is 13.4. The molecule has 6 nitrogen and oxygen atoms in total. The minimum atomic E-state index is 0.0361. The van der Waals surface area contributed by atoms with Crippen LogP contribution >= 0.6 is 11.8 Å². The number of para-hydroxylation sites is 1. The summed E-state index contributed by atoms with van der Waals surface area (Å²) < 4.78 is 1.75. The van der Waals surface area contributed by atoms with Crippen LogP contribution in [-0.4, -0.2) is 32.2 Å². The lowest BCUT2D eigenvalue weighted by Crippen LogP contribution is -2.55. The molecule has 1 aromatic heterocycles. The Bertz CT molecular complexity index is 1140.